The summed E-state index contributed by atoms with van der Waals surface area (Å²) >= 11 is 0. The Bertz CT molecular complexity index is 637. The lowest BCUT2D eigenvalue weighted by Gasteiger charge is -2.36. The van der Waals surface area contributed by atoms with E-state index in [0.717, 1.165) is 31.4 Å². The predicted octanol–water partition coefficient (Wildman–Crippen LogP) is 3.35. The Morgan fingerprint density at radius 3 is 2.68 bits per heavy atom. The van der Waals surface area contributed by atoms with Crippen LogP contribution < -0.4 is 0 Å². The van der Waals surface area contributed by atoms with Crippen molar-refractivity contribution in [2.45, 2.75) is 46.1 Å². The molecule has 1 aliphatic rings. The van der Waals surface area contributed by atoms with Crippen LogP contribution in [0, 0.1) is 27.9 Å². The third-order valence-corrected chi connectivity index (χ3v) is 4.54. The molecule has 8 heteroatoms. The molecule has 2 rings (SSSR count). The van der Waals surface area contributed by atoms with Crippen molar-refractivity contribution >= 4 is 17.8 Å². The number of nitrogens with zero attached hydrogens (tertiary/aromatic N) is 1. The number of furan rings is 1. The normalized spacial score (nSPS) is 23.3. The molecule has 0 radical (unpaired) electrons. The van der Waals surface area contributed by atoms with Gasteiger partial charge in [-0.1, -0.05) is 27.2 Å². The predicted molar refractivity (Wildman–Crippen MR) is 86.9 cm³/mol. The fourth-order valence-corrected chi connectivity index (χ4v) is 3.18. The summed E-state index contributed by atoms with van der Waals surface area (Å²) < 4.78 is 15.1. The minimum absolute atomic E-state index is 0.181. The molecule has 0 aromatic carbocycles. The Morgan fingerprint density at radius 2 is 2.08 bits per heavy atom. The van der Waals surface area contributed by atoms with E-state index in [-0.39, 0.29) is 11.9 Å². The van der Waals surface area contributed by atoms with Gasteiger partial charge in [-0.2, -0.15) is 0 Å². The molecule has 0 bridgehead atoms. The number of ether oxygens (including phenoxy) is 2. The summed E-state index contributed by atoms with van der Waals surface area (Å²) in [6.07, 6.45) is 2.74. The lowest BCUT2D eigenvalue weighted by molar-refractivity contribution is -0.402. The molecule has 1 aliphatic carbocycles. The van der Waals surface area contributed by atoms with E-state index in [0.29, 0.717) is 17.8 Å². The van der Waals surface area contributed by atoms with Gasteiger partial charge in [0.05, 0.1) is 6.07 Å². The molecule has 0 unspecified atom stereocenters. The molecule has 25 heavy (non-hydrogen) atoms. The number of hydrogen-bond acceptors (Lipinski definition) is 7. The molecule has 8 nitrogen and oxygen atoms in total. The maximum absolute atomic E-state index is 12.0. The zero-order valence-corrected chi connectivity index (χ0v) is 14.6. The number of rotatable bonds is 6. The van der Waals surface area contributed by atoms with E-state index < -0.39 is 29.4 Å². The first kappa shape index (κ1) is 19.0. The molecule has 0 amide bonds. The molecule has 0 N–H and O–H groups in total. The molecule has 3 atom stereocenters. The standard InChI is InChI=1S/C17H23NO7/c1-10(2)12-5-4-11(3)8-14(12)25-16(19)9-23-17(20)13-6-7-15(24-13)18(21)22/h6-7,10-12,14H,4-5,8-9H2,1-3H3/t11-,12+,14+/m1/s1. The van der Waals surface area contributed by atoms with Crippen molar-refractivity contribution in [2.75, 3.05) is 6.61 Å². The van der Waals surface area contributed by atoms with E-state index in [1.54, 1.807) is 0 Å². The maximum Gasteiger partial charge on any atom is 0.433 e. The van der Waals surface area contributed by atoms with Crippen molar-refractivity contribution < 1.29 is 28.4 Å². The van der Waals surface area contributed by atoms with Crippen LogP contribution in [0.5, 0.6) is 0 Å². The van der Waals surface area contributed by atoms with Crippen LogP contribution in [0.1, 0.15) is 50.6 Å². The monoisotopic (exact) mass is 353 g/mol. The van der Waals surface area contributed by atoms with Gasteiger partial charge in [0.1, 0.15) is 11.0 Å². The summed E-state index contributed by atoms with van der Waals surface area (Å²) in [4.78, 5) is 33.5. The van der Waals surface area contributed by atoms with E-state index in [2.05, 4.69) is 20.8 Å². The van der Waals surface area contributed by atoms with Crippen molar-refractivity contribution in [2.24, 2.45) is 17.8 Å². The zero-order valence-electron chi connectivity index (χ0n) is 14.6. The summed E-state index contributed by atoms with van der Waals surface area (Å²) in [7, 11) is 0. The van der Waals surface area contributed by atoms with E-state index in [9.17, 15) is 19.7 Å². The number of esters is 2. The fourth-order valence-electron chi connectivity index (χ4n) is 3.18. The fraction of sp³-hybridized carbons (Fsp3) is 0.647. The SMILES string of the molecule is CC(C)[C@@H]1CC[C@@H](C)C[C@@H]1OC(=O)COC(=O)c1ccc([N+](=O)[O-])o1. The Labute approximate surface area is 145 Å². The van der Waals surface area contributed by atoms with Gasteiger partial charge in [0.25, 0.3) is 0 Å². The molecule has 1 aromatic rings. The Morgan fingerprint density at radius 1 is 1.36 bits per heavy atom. The number of carbonyl (C=O) groups is 2. The van der Waals surface area contributed by atoms with E-state index in [4.69, 9.17) is 13.9 Å². The Balaban J connectivity index is 1.86. The number of hydrogen-bond donors (Lipinski definition) is 0. The molecule has 1 aromatic heterocycles. The summed E-state index contributed by atoms with van der Waals surface area (Å²) in [6, 6.07) is 2.18. The van der Waals surface area contributed by atoms with Crippen molar-refractivity contribution in [1.29, 1.82) is 0 Å². The lowest BCUT2D eigenvalue weighted by atomic mass is 9.75. The van der Waals surface area contributed by atoms with Crippen LogP contribution >= 0.6 is 0 Å². The molecule has 1 fully saturated rings. The minimum atomic E-state index is -0.942. The highest BCUT2D eigenvalue weighted by Crippen LogP contribution is 2.35. The second-order valence-electron chi connectivity index (χ2n) is 6.83. The van der Waals surface area contributed by atoms with E-state index in [1.807, 2.05) is 0 Å². The second kappa shape index (κ2) is 8.13. The summed E-state index contributed by atoms with van der Waals surface area (Å²) in [5, 5.41) is 10.5. The van der Waals surface area contributed by atoms with Crippen molar-refractivity contribution in [3.63, 3.8) is 0 Å². The van der Waals surface area contributed by atoms with Gasteiger partial charge in [-0.05, 0) is 36.7 Å². The van der Waals surface area contributed by atoms with Gasteiger partial charge >= 0.3 is 17.8 Å². The third-order valence-electron chi connectivity index (χ3n) is 4.54. The van der Waals surface area contributed by atoms with Crippen molar-refractivity contribution in [3.05, 3.63) is 28.0 Å². The summed E-state index contributed by atoms with van der Waals surface area (Å²) in [5.74, 6) is -1.28. The lowest BCUT2D eigenvalue weighted by Crippen LogP contribution is -2.36. The van der Waals surface area contributed by atoms with Crippen LogP contribution in [0.4, 0.5) is 5.88 Å². The third kappa shape index (κ3) is 5.04. The average molecular weight is 353 g/mol. The molecule has 0 aliphatic heterocycles. The van der Waals surface area contributed by atoms with Crippen LogP contribution in [0.15, 0.2) is 16.5 Å². The molecule has 0 spiro atoms. The highest BCUT2D eigenvalue weighted by molar-refractivity contribution is 5.88. The van der Waals surface area contributed by atoms with Crippen LogP contribution in [0.3, 0.4) is 0 Å². The van der Waals surface area contributed by atoms with E-state index >= 15 is 0 Å². The molecular weight excluding hydrogens is 330 g/mol. The first-order chi connectivity index (χ1) is 11.8. The Kier molecular flexibility index (Phi) is 6.17. The molecular formula is C17H23NO7. The van der Waals surface area contributed by atoms with Gasteiger partial charge in [-0.25, -0.2) is 9.59 Å². The molecule has 1 heterocycles. The van der Waals surface area contributed by atoms with Gasteiger partial charge in [0.15, 0.2) is 6.61 Å². The summed E-state index contributed by atoms with van der Waals surface area (Å²) in [5.41, 5.74) is 0. The molecule has 1 saturated carbocycles. The van der Waals surface area contributed by atoms with Gasteiger partial charge in [-0.15, -0.1) is 0 Å². The molecule has 138 valence electrons. The quantitative estimate of drug-likeness (QED) is 0.438. The smallest absolute Gasteiger partial charge is 0.433 e. The average Bonchev–Trinajstić information content (AvgIpc) is 3.02. The number of nitro groups is 1. The van der Waals surface area contributed by atoms with Crippen LogP contribution in [-0.4, -0.2) is 29.6 Å². The highest BCUT2D eigenvalue weighted by atomic mass is 16.7. The second-order valence-corrected chi connectivity index (χ2v) is 6.83. The van der Waals surface area contributed by atoms with Gasteiger partial charge < -0.3 is 13.9 Å². The van der Waals surface area contributed by atoms with E-state index in [1.165, 1.54) is 0 Å². The largest absolute Gasteiger partial charge is 0.460 e. The van der Waals surface area contributed by atoms with Crippen molar-refractivity contribution in [3.8, 4) is 0 Å². The van der Waals surface area contributed by atoms with Gasteiger partial charge in [0.2, 0.25) is 5.76 Å². The summed E-state index contributed by atoms with van der Waals surface area (Å²) in [6.45, 7) is 5.78. The first-order valence-corrected chi connectivity index (χ1v) is 8.38. The van der Waals surface area contributed by atoms with Gasteiger partial charge in [0, 0.05) is 0 Å². The van der Waals surface area contributed by atoms with Crippen molar-refractivity contribution in [1.82, 2.24) is 0 Å². The van der Waals surface area contributed by atoms with Crippen LogP contribution in [0.2, 0.25) is 0 Å². The number of carbonyl (C=O) groups excluding carboxylic acids is 2. The minimum Gasteiger partial charge on any atom is -0.460 e. The first-order valence-electron chi connectivity index (χ1n) is 8.38. The Hall–Kier alpha value is -2.38. The topological polar surface area (TPSA) is 109 Å². The zero-order chi connectivity index (χ0) is 18.6. The highest BCUT2D eigenvalue weighted by Gasteiger charge is 2.33. The van der Waals surface area contributed by atoms with Crippen LogP contribution in [-0.2, 0) is 14.3 Å². The van der Waals surface area contributed by atoms with Crippen LogP contribution in [0.25, 0.3) is 0 Å². The van der Waals surface area contributed by atoms with Gasteiger partial charge in [-0.3, -0.25) is 10.1 Å². The molecule has 0 saturated heterocycles. The maximum atomic E-state index is 12.0.